The van der Waals surface area contributed by atoms with E-state index in [1.165, 1.54) is 0 Å². The van der Waals surface area contributed by atoms with E-state index in [-0.39, 0.29) is 29.1 Å². The van der Waals surface area contributed by atoms with Crippen molar-refractivity contribution in [3.63, 3.8) is 0 Å². The van der Waals surface area contributed by atoms with E-state index in [2.05, 4.69) is 10.6 Å². The Morgan fingerprint density at radius 2 is 1.26 bits per heavy atom. The third kappa shape index (κ3) is 2.01. The van der Waals surface area contributed by atoms with Gasteiger partial charge >= 0.3 is 0 Å². The number of hydrogen-bond acceptors (Lipinski definition) is 4. The monoisotopic (exact) mass is 262 g/mol. The van der Waals surface area contributed by atoms with Crippen molar-refractivity contribution in [1.29, 1.82) is 0 Å². The smallest absolute Gasteiger partial charge is 0.255 e. The van der Waals surface area contributed by atoms with Gasteiger partial charge in [0.2, 0.25) is 0 Å². The maximum absolute atomic E-state index is 11.7. The van der Waals surface area contributed by atoms with Gasteiger partial charge in [0, 0.05) is 6.42 Å². The Balaban J connectivity index is 2.37. The van der Waals surface area contributed by atoms with Crippen molar-refractivity contribution in [3.8, 4) is 0 Å². The van der Waals surface area contributed by atoms with Crippen LogP contribution in [0.5, 0.6) is 0 Å². The number of aliphatic hydroxyl groups excluding tert-OH is 2. The Morgan fingerprint density at radius 1 is 0.895 bits per heavy atom. The summed E-state index contributed by atoms with van der Waals surface area (Å²) in [4.78, 5) is 23.4. The van der Waals surface area contributed by atoms with E-state index in [9.17, 15) is 19.8 Å². The van der Waals surface area contributed by atoms with Crippen LogP contribution in [0.1, 0.15) is 20.3 Å². The van der Waals surface area contributed by atoms with Crippen LogP contribution in [0.3, 0.4) is 0 Å². The zero-order valence-electron chi connectivity index (χ0n) is 10.6. The minimum Gasteiger partial charge on any atom is -0.505 e. The Hall–Kier alpha value is -2.50. The molecule has 0 aromatic rings. The lowest BCUT2D eigenvalue weighted by atomic mass is 10.0. The number of allylic oxidation sites excluding steroid dienone is 2. The van der Waals surface area contributed by atoms with Gasteiger partial charge in [0.15, 0.2) is 0 Å². The molecule has 2 aliphatic rings. The molecule has 2 aliphatic heterocycles. The summed E-state index contributed by atoms with van der Waals surface area (Å²) in [6.45, 7) is 3.34. The van der Waals surface area contributed by atoms with Gasteiger partial charge in [0.05, 0.1) is 22.5 Å². The van der Waals surface area contributed by atoms with E-state index in [0.29, 0.717) is 11.4 Å². The van der Waals surface area contributed by atoms with Gasteiger partial charge in [-0.1, -0.05) is 12.2 Å². The van der Waals surface area contributed by atoms with Gasteiger partial charge in [-0.2, -0.15) is 0 Å². The molecule has 0 saturated carbocycles. The second kappa shape index (κ2) is 4.64. The Kier molecular flexibility index (Phi) is 3.16. The molecule has 100 valence electrons. The summed E-state index contributed by atoms with van der Waals surface area (Å²) < 4.78 is 0. The maximum Gasteiger partial charge on any atom is 0.255 e. The van der Waals surface area contributed by atoms with Gasteiger partial charge in [-0.15, -0.1) is 0 Å². The van der Waals surface area contributed by atoms with Crippen molar-refractivity contribution < 1.29 is 19.8 Å². The molecular weight excluding hydrogens is 248 g/mol. The summed E-state index contributed by atoms with van der Waals surface area (Å²) in [5.41, 5.74) is 0.763. The fraction of sp³-hybridized carbons (Fsp3) is 0.231. The minimum absolute atomic E-state index is 0.0714. The maximum atomic E-state index is 11.7. The molecule has 0 saturated heterocycles. The quantitative estimate of drug-likeness (QED) is 0.598. The molecule has 0 spiro atoms. The van der Waals surface area contributed by atoms with E-state index < -0.39 is 11.8 Å². The van der Waals surface area contributed by atoms with Crippen LogP contribution in [0.25, 0.3) is 0 Å². The van der Waals surface area contributed by atoms with Crippen LogP contribution < -0.4 is 10.6 Å². The van der Waals surface area contributed by atoms with Gasteiger partial charge in [-0.3, -0.25) is 9.59 Å². The predicted molar refractivity (Wildman–Crippen MR) is 67.7 cm³/mol. The predicted octanol–water partition coefficient (Wildman–Crippen LogP) is 1.07. The molecule has 0 radical (unpaired) electrons. The summed E-state index contributed by atoms with van der Waals surface area (Å²) in [5.74, 6) is -1.30. The highest BCUT2D eigenvalue weighted by atomic mass is 16.3. The summed E-state index contributed by atoms with van der Waals surface area (Å²) in [5, 5.41) is 24.7. The first kappa shape index (κ1) is 12.9. The lowest BCUT2D eigenvalue weighted by Gasteiger charge is -2.00. The summed E-state index contributed by atoms with van der Waals surface area (Å²) in [6.07, 6.45) is 2.99. The molecule has 0 aromatic heterocycles. The molecule has 6 nitrogen and oxygen atoms in total. The van der Waals surface area contributed by atoms with Gasteiger partial charge in [-0.25, -0.2) is 0 Å². The third-order valence-electron chi connectivity index (χ3n) is 3.06. The van der Waals surface area contributed by atoms with Gasteiger partial charge in [0.25, 0.3) is 11.8 Å². The number of hydrogen-bond donors (Lipinski definition) is 4. The average Bonchev–Trinajstić information content (AvgIpc) is 2.82. The Labute approximate surface area is 109 Å². The SMILES string of the molecule is C/C=C1\NC(=O)C(CC2=C(O)/C(=C/C)NC2=O)=C1O. The van der Waals surface area contributed by atoms with Gasteiger partial charge in [0.1, 0.15) is 11.5 Å². The first-order valence-electron chi connectivity index (χ1n) is 5.79. The van der Waals surface area contributed by atoms with Crippen LogP contribution in [0, 0.1) is 0 Å². The number of nitrogens with one attached hydrogen (secondary N) is 2. The fourth-order valence-electron chi connectivity index (χ4n) is 1.98. The second-order valence-corrected chi connectivity index (χ2v) is 4.14. The second-order valence-electron chi connectivity index (χ2n) is 4.14. The highest BCUT2D eigenvalue weighted by molar-refractivity contribution is 6.05. The van der Waals surface area contributed by atoms with Crippen LogP contribution in [0.4, 0.5) is 0 Å². The zero-order valence-corrected chi connectivity index (χ0v) is 10.6. The van der Waals surface area contributed by atoms with E-state index in [1.54, 1.807) is 26.0 Å². The zero-order chi connectivity index (χ0) is 14.2. The molecular formula is C13H14N2O4. The number of amides is 2. The van der Waals surface area contributed by atoms with Crippen molar-refractivity contribution in [2.45, 2.75) is 20.3 Å². The summed E-state index contributed by atoms with van der Waals surface area (Å²) >= 11 is 0. The Bertz CT molecular complexity index is 542. The average molecular weight is 262 g/mol. The molecule has 0 unspecified atom stereocenters. The fourth-order valence-corrected chi connectivity index (χ4v) is 1.98. The van der Waals surface area contributed by atoms with Crippen molar-refractivity contribution >= 4 is 11.8 Å². The lowest BCUT2D eigenvalue weighted by Crippen LogP contribution is -2.19. The standard InChI is InChI=1S/C13H14N2O4/c1-3-8-10(16)6(12(18)14-8)5-7-11(17)9(4-2)15-13(7)19/h3-4,16-17H,5H2,1-2H3,(H,14,18)(H,15,19)/b8-3-,9-4-. The van der Waals surface area contributed by atoms with Crippen LogP contribution >= 0.6 is 0 Å². The molecule has 2 rings (SSSR count). The first-order valence-corrected chi connectivity index (χ1v) is 5.79. The molecule has 19 heavy (non-hydrogen) atoms. The summed E-state index contributed by atoms with van der Waals surface area (Å²) in [6, 6.07) is 0. The third-order valence-corrected chi connectivity index (χ3v) is 3.06. The molecule has 0 aliphatic carbocycles. The van der Waals surface area contributed by atoms with Crippen molar-refractivity contribution in [2.24, 2.45) is 0 Å². The molecule has 0 bridgehead atoms. The van der Waals surface area contributed by atoms with Gasteiger partial charge in [-0.05, 0) is 13.8 Å². The number of carbonyl (C=O) groups excluding carboxylic acids is 2. The molecule has 2 amide bonds. The lowest BCUT2D eigenvalue weighted by molar-refractivity contribution is -0.116. The van der Waals surface area contributed by atoms with Crippen LogP contribution in [-0.4, -0.2) is 22.0 Å². The van der Waals surface area contributed by atoms with Gasteiger partial charge < -0.3 is 20.8 Å². The van der Waals surface area contributed by atoms with Crippen LogP contribution in [0.2, 0.25) is 0 Å². The normalized spacial score (nSPS) is 23.7. The molecule has 2 heterocycles. The largest absolute Gasteiger partial charge is 0.505 e. The topological polar surface area (TPSA) is 98.7 Å². The van der Waals surface area contributed by atoms with Crippen LogP contribution in [0.15, 0.2) is 46.2 Å². The Morgan fingerprint density at radius 3 is 1.53 bits per heavy atom. The highest BCUT2D eigenvalue weighted by Crippen LogP contribution is 2.28. The van der Waals surface area contributed by atoms with E-state index in [1.807, 2.05) is 0 Å². The van der Waals surface area contributed by atoms with E-state index in [0.717, 1.165) is 0 Å². The number of rotatable bonds is 2. The minimum atomic E-state index is -0.465. The highest BCUT2D eigenvalue weighted by Gasteiger charge is 2.33. The molecule has 0 aromatic carbocycles. The van der Waals surface area contributed by atoms with Crippen LogP contribution in [-0.2, 0) is 9.59 Å². The molecule has 6 heteroatoms. The molecule has 4 N–H and O–H groups in total. The van der Waals surface area contributed by atoms with E-state index in [4.69, 9.17) is 0 Å². The van der Waals surface area contributed by atoms with E-state index >= 15 is 0 Å². The number of aliphatic hydroxyl groups is 2. The molecule has 0 fully saturated rings. The number of carbonyl (C=O) groups is 2. The first-order chi connectivity index (χ1) is 8.99. The summed E-state index contributed by atoms with van der Waals surface area (Å²) in [7, 11) is 0. The van der Waals surface area contributed by atoms with Crippen molar-refractivity contribution in [3.05, 3.63) is 46.2 Å². The molecule has 0 atom stereocenters. The van der Waals surface area contributed by atoms with Crippen molar-refractivity contribution in [2.75, 3.05) is 0 Å². The van der Waals surface area contributed by atoms with Crippen molar-refractivity contribution in [1.82, 2.24) is 10.6 Å².